The van der Waals surface area contributed by atoms with Gasteiger partial charge in [-0.15, -0.1) is 0 Å². The third-order valence-electron chi connectivity index (χ3n) is 3.03. The Labute approximate surface area is 130 Å². The van der Waals surface area contributed by atoms with Crippen LogP contribution in [0.4, 0.5) is 0 Å². The molecule has 0 aliphatic rings. The minimum atomic E-state index is -0.446. The first kappa shape index (κ1) is 15.6. The summed E-state index contributed by atoms with van der Waals surface area (Å²) < 4.78 is 10.6. The third kappa shape index (κ3) is 4.35. The number of carbonyl (C=O) groups is 1. The first-order valence-corrected chi connectivity index (χ1v) is 6.95. The fourth-order valence-corrected chi connectivity index (χ4v) is 1.83. The van der Waals surface area contributed by atoms with Crippen molar-refractivity contribution in [3.8, 4) is 5.75 Å². The molecule has 0 heterocycles. The molecule has 0 unspecified atom stereocenters. The number of esters is 1. The Morgan fingerprint density at radius 1 is 1.05 bits per heavy atom. The molecule has 0 radical (unpaired) electrons. The van der Waals surface area contributed by atoms with Crippen molar-refractivity contribution in [3.63, 3.8) is 0 Å². The summed E-state index contributed by atoms with van der Waals surface area (Å²) in [5.41, 5.74) is 2.13. The van der Waals surface area contributed by atoms with Crippen LogP contribution in [0, 0.1) is 0 Å². The molecule has 2 aromatic carbocycles. The Kier molecular flexibility index (Phi) is 5.55. The van der Waals surface area contributed by atoms with Crippen LogP contribution in [0.25, 0.3) is 5.57 Å². The van der Waals surface area contributed by atoms with Crippen LogP contribution in [-0.4, -0.2) is 12.6 Å². The van der Waals surface area contributed by atoms with Gasteiger partial charge in [0.2, 0.25) is 0 Å². The lowest BCUT2D eigenvalue weighted by Gasteiger charge is -2.08. The summed E-state index contributed by atoms with van der Waals surface area (Å²) in [7, 11) is 0. The summed E-state index contributed by atoms with van der Waals surface area (Å²) in [5.74, 6) is 0.290. The third-order valence-corrected chi connectivity index (χ3v) is 3.03. The largest absolute Gasteiger partial charge is 0.489 e. The van der Waals surface area contributed by atoms with Crippen LogP contribution in [0.2, 0.25) is 0 Å². The Balaban J connectivity index is 1.93. The standard InChI is InChI=1S/C19H18O3/c1-3-13-21-19(20)15(2)17-9-11-18(12-10-17)22-14-16-7-5-4-6-8-16/h3-12H,1-2,13-14H2. The lowest BCUT2D eigenvalue weighted by Crippen LogP contribution is -2.06. The van der Waals surface area contributed by atoms with Gasteiger partial charge < -0.3 is 9.47 Å². The van der Waals surface area contributed by atoms with E-state index in [1.54, 1.807) is 12.1 Å². The van der Waals surface area contributed by atoms with Crippen molar-refractivity contribution in [2.45, 2.75) is 6.61 Å². The van der Waals surface area contributed by atoms with E-state index in [1.165, 1.54) is 6.08 Å². The molecular formula is C19H18O3. The van der Waals surface area contributed by atoms with Crippen LogP contribution < -0.4 is 4.74 Å². The van der Waals surface area contributed by atoms with Crippen molar-refractivity contribution < 1.29 is 14.3 Å². The van der Waals surface area contributed by atoms with Crippen molar-refractivity contribution in [1.29, 1.82) is 0 Å². The summed E-state index contributed by atoms with van der Waals surface area (Å²) in [6.45, 7) is 7.93. The van der Waals surface area contributed by atoms with Crippen LogP contribution in [0.5, 0.6) is 5.75 Å². The molecule has 0 aromatic heterocycles. The first-order chi connectivity index (χ1) is 10.7. The highest BCUT2D eigenvalue weighted by Gasteiger charge is 2.10. The van der Waals surface area contributed by atoms with Gasteiger partial charge in [-0.2, -0.15) is 0 Å². The summed E-state index contributed by atoms with van der Waals surface area (Å²) >= 11 is 0. The molecule has 0 atom stereocenters. The zero-order valence-electron chi connectivity index (χ0n) is 12.3. The molecule has 0 fully saturated rings. The molecule has 0 aliphatic carbocycles. The highest BCUT2D eigenvalue weighted by Crippen LogP contribution is 2.19. The number of rotatable bonds is 7. The quantitative estimate of drug-likeness (QED) is 0.440. The first-order valence-electron chi connectivity index (χ1n) is 6.95. The van der Waals surface area contributed by atoms with Crippen LogP contribution in [0.3, 0.4) is 0 Å². The Morgan fingerprint density at radius 2 is 1.73 bits per heavy atom. The SMILES string of the molecule is C=CCOC(=O)C(=C)c1ccc(OCc2ccccc2)cc1. The van der Waals surface area contributed by atoms with Crippen LogP contribution in [-0.2, 0) is 16.1 Å². The van der Waals surface area contributed by atoms with E-state index in [4.69, 9.17) is 9.47 Å². The molecular weight excluding hydrogens is 276 g/mol. The van der Waals surface area contributed by atoms with Crippen LogP contribution >= 0.6 is 0 Å². The topological polar surface area (TPSA) is 35.5 Å². The fourth-order valence-electron chi connectivity index (χ4n) is 1.83. The lowest BCUT2D eigenvalue weighted by molar-refractivity contribution is -0.135. The minimum Gasteiger partial charge on any atom is -0.489 e. The smallest absolute Gasteiger partial charge is 0.338 e. The van der Waals surface area contributed by atoms with E-state index in [9.17, 15) is 4.79 Å². The maximum absolute atomic E-state index is 11.7. The molecule has 112 valence electrons. The molecule has 0 amide bonds. The second-order valence-corrected chi connectivity index (χ2v) is 4.66. The van der Waals surface area contributed by atoms with Crippen molar-refractivity contribution in [2.24, 2.45) is 0 Å². The van der Waals surface area contributed by atoms with Crippen molar-refractivity contribution in [3.05, 3.63) is 85.0 Å². The van der Waals surface area contributed by atoms with Gasteiger partial charge in [0.05, 0.1) is 5.57 Å². The van der Waals surface area contributed by atoms with E-state index < -0.39 is 5.97 Å². The minimum absolute atomic E-state index is 0.177. The average Bonchev–Trinajstić information content (AvgIpc) is 2.58. The van der Waals surface area contributed by atoms with E-state index in [0.29, 0.717) is 17.7 Å². The summed E-state index contributed by atoms with van der Waals surface area (Å²) in [5, 5.41) is 0. The summed E-state index contributed by atoms with van der Waals surface area (Å²) in [6.07, 6.45) is 1.52. The Morgan fingerprint density at radius 3 is 2.36 bits per heavy atom. The molecule has 0 bridgehead atoms. The number of benzene rings is 2. The summed E-state index contributed by atoms with van der Waals surface area (Å²) in [4.78, 5) is 11.7. The molecule has 0 N–H and O–H groups in total. The zero-order valence-corrected chi connectivity index (χ0v) is 12.3. The lowest BCUT2D eigenvalue weighted by atomic mass is 10.1. The number of carbonyl (C=O) groups excluding carboxylic acids is 1. The normalized spacial score (nSPS) is 9.82. The molecule has 22 heavy (non-hydrogen) atoms. The van der Waals surface area contributed by atoms with Gasteiger partial charge >= 0.3 is 5.97 Å². The maximum Gasteiger partial charge on any atom is 0.338 e. The summed E-state index contributed by atoms with van der Waals surface area (Å²) in [6, 6.07) is 17.1. The predicted molar refractivity (Wildman–Crippen MR) is 87.4 cm³/mol. The van der Waals surface area contributed by atoms with Gasteiger partial charge in [0.25, 0.3) is 0 Å². The van der Waals surface area contributed by atoms with E-state index in [2.05, 4.69) is 13.2 Å². The molecule has 2 aromatic rings. The molecule has 3 heteroatoms. The van der Waals surface area contributed by atoms with Crippen molar-refractivity contribution in [1.82, 2.24) is 0 Å². The van der Waals surface area contributed by atoms with Gasteiger partial charge in [-0.25, -0.2) is 4.79 Å². The van der Waals surface area contributed by atoms with Gasteiger partial charge in [0.1, 0.15) is 19.0 Å². The highest BCUT2D eigenvalue weighted by molar-refractivity contribution is 6.15. The van der Waals surface area contributed by atoms with Gasteiger partial charge in [-0.3, -0.25) is 0 Å². The average molecular weight is 294 g/mol. The van der Waals surface area contributed by atoms with Gasteiger partial charge in [-0.05, 0) is 23.3 Å². The Hall–Kier alpha value is -2.81. The van der Waals surface area contributed by atoms with E-state index in [0.717, 1.165) is 11.3 Å². The molecule has 0 aliphatic heterocycles. The predicted octanol–water partition coefficient (Wildman–Crippen LogP) is 4.01. The monoisotopic (exact) mass is 294 g/mol. The van der Waals surface area contributed by atoms with Crippen molar-refractivity contribution in [2.75, 3.05) is 6.61 Å². The molecule has 3 nitrogen and oxygen atoms in total. The number of ether oxygens (including phenoxy) is 2. The highest BCUT2D eigenvalue weighted by atomic mass is 16.5. The number of hydrogen-bond acceptors (Lipinski definition) is 3. The zero-order chi connectivity index (χ0) is 15.8. The molecule has 0 spiro atoms. The van der Waals surface area contributed by atoms with Gasteiger partial charge in [-0.1, -0.05) is 61.7 Å². The molecule has 0 saturated carbocycles. The van der Waals surface area contributed by atoms with E-state index in [-0.39, 0.29) is 6.61 Å². The van der Waals surface area contributed by atoms with Crippen LogP contribution in [0.1, 0.15) is 11.1 Å². The maximum atomic E-state index is 11.7. The van der Waals surface area contributed by atoms with E-state index in [1.807, 2.05) is 42.5 Å². The second kappa shape index (κ2) is 7.84. The van der Waals surface area contributed by atoms with Crippen molar-refractivity contribution >= 4 is 11.5 Å². The number of hydrogen-bond donors (Lipinski definition) is 0. The second-order valence-electron chi connectivity index (χ2n) is 4.66. The van der Waals surface area contributed by atoms with E-state index >= 15 is 0 Å². The van der Waals surface area contributed by atoms with Gasteiger partial charge in [0.15, 0.2) is 0 Å². The van der Waals surface area contributed by atoms with Gasteiger partial charge in [0, 0.05) is 0 Å². The Bertz CT molecular complexity index is 642. The molecule has 2 rings (SSSR count). The van der Waals surface area contributed by atoms with Crippen LogP contribution in [0.15, 0.2) is 73.8 Å². The molecule has 0 saturated heterocycles. The fraction of sp³-hybridized carbons (Fsp3) is 0.105.